The second kappa shape index (κ2) is 3.11. The molecule has 60 valence electrons. The standard InChI is InChI=1S/C5H8N4O2/c6-2-4-8-3-1-5(7-8)9(10)11/h1,3H,2,4,6H2/i2D2,4D2. The molecule has 0 aliphatic carbocycles. The SMILES string of the molecule is [2H]C([2H])(N)C([2H])([2H])n1ccc([N+](=O)[O-])n1. The van der Waals surface area contributed by atoms with Gasteiger partial charge in [-0.2, -0.15) is 4.68 Å². The summed E-state index contributed by atoms with van der Waals surface area (Å²) in [5.41, 5.74) is 4.96. The van der Waals surface area contributed by atoms with Crippen LogP contribution in [0.5, 0.6) is 0 Å². The fourth-order valence-corrected chi connectivity index (χ4v) is 0.540. The van der Waals surface area contributed by atoms with E-state index in [1.54, 1.807) is 0 Å². The molecule has 1 heterocycles. The Morgan fingerprint density at radius 3 is 3.18 bits per heavy atom. The van der Waals surface area contributed by atoms with Gasteiger partial charge in [0.2, 0.25) is 0 Å². The maximum Gasteiger partial charge on any atom is 0.389 e. The molecule has 1 rings (SSSR count). The predicted octanol–water partition coefficient (Wildman–Crippen LogP) is -0.250. The molecule has 1 aromatic heterocycles. The van der Waals surface area contributed by atoms with Crippen molar-refractivity contribution in [2.24, 2.45) is 5.73 Å². The van der Waals surface area contributed by atoms with Crippen LogP contribution in [0.25, 0.3) is 0 Å². The molecule has 0 atom stereocenters. The van der Waals surface area contributed by atoms with E-state index in [0.29, 0.717) is 4.68 Å². The fourth-order valence-electron chi connectivity index (χ4n) is 0.540. The highest BCUT2D eigenvalue weighted by molar-refractivity contribution is 5.13. The maximum atomic E-state index is 10.3. The molecule has 0 fully saturated rings. The summed E-state index contributed by atoms with van der Waals surface area (Å²) in [4.78, 5) is 9.47. The van der Waals surface area contributed by atoms with Gasteiger partial charge in [0.25, 0.3) is 0 Å². The number of aromatic nitrogens is 2. The van der Waals surface area contributed by atoms with Gasteiger partial charge in [0.05, 0.1) is 26.6 Å². The summed E-state index contributed by atoms with van der Waals surface area (Å²) in [6, 6.07) is 0.962. The summed E-state index contributed by atoms with van der Waals surface area (Å²) in [5, 5.41) is 13.5. The summed E-state index contributed by atoms with van der Waals surface area (Å²) in [6.07, 6.45) is 0.961. The monoisotopic (exact) mass is 160 g/mol. The highest BCUT2D eigenvalue weighted by Gasteiger charge is 2.08. The number of rotatable bonds is 3. The van der Waals surface area contributed by atoms with Crippen LogP contribution >= 0.6 is 0 Å². The molecular formula is C5H8N4O2. The third-order valence-corrected chi connectivity index (χ3v) is 0.941. The third kappa shape index (κ3) is 1.74. The lowest BCUT2D eigenvalue weighted by atomic mass is 10.6. The first-order valence-electron chi connectivity index (χ1n) is 4.65. The Balaban J connectivity index is 3.11. The molecule has 0 saturated carbocycles. The molecule has 0 unspecified atom stereocenters. The van der Waals surface area contributed by atoms with Crippen molar-refractivity contribution in [2.75, 3.05) is 6.50 Å². The summed E-state index contributed by atoms with van der Waals surface area (Å²) >= 11 is 0. The summed E-state index contributed by atoms with van der Waals surface area (Å²) in [7, 11) is 0. The first-order chi connectivity index (χ1) is 6.66. The molecule has 0 aromatic carbocycles. The van der Waals surface area contributed by atoms with E-state index < -0.39 is 23.7 Å². The van der Waals surface area contributed by atoms with Crippen molar-refractivity contribution in [3.63, 3.8) is 0 Å². The molecule has 1 aromatic rings. The van der Waals surface area contributed by atoms with Gasteiger partial charge in [-0.1, -0.05) is 0 Å². The van der Waals surface area contributed by atoms with Gasteiger partial charge in [-0.3, -0.25) is 0 Å². The smallest absolute Gasteiger partial charge is 0.358 e. The molecule has 0 bridgehead atoms. The Kier molecular flexibility index (Phi) is 1.08. The number of nitrogens with two attached hydrogens (primary N) is 1. The Morgan fingerprint density at radius 1 is 2.00 bits per heavy atom. The number of hydrogen-bond donors (Lipinski definition) is 1. The van der Waals surface area contributed by atoms with Gasteiger partial charge in [-0.05, 0) is 4.92 Å². The van der Waals surface area contributed by atoms with E-state index >= 15 is 0 Å². The van der Waals surface area contributed by atoms with E-state index in [0.717, 1.165) is 12.3 Å². The molecule has 0 aliphatic heterocycles. The van der Waals surface area contributed by atoms with Crippen molar-refractivity contribution in [1.82, 2.24) is 9.78 Å². The summed E-state index contributed by atoms with van der Waals surface area (Å²) in [6.45, 7) is -5.34. The van der Waals surface area contributed by atoms with E-state index in [4.69, 9.17) is 11.2 Å². The number of aryl methyl sites for hydroxylation is 1. The second-order valence-corrected chi connectivity index (χ2v) is 1.63. The lowest BCUT2D eigenvalue weighted by molar-refractivity contribution is -0.389. The van der Waals surface area contributed by atoms with Gasteiger partial charge >= 0.3 is 5.82 Å². The zero-order chi connectivity index (χ0) is 11.9. The molecule has 2 N–H and O–H groups in total. The van der Waals surface area contributed by atoms with Crippen molar-refractivity contribution < 1.29 is 10.4 Å². The molecule has 11 heavy (non-hydrogen) atoms. The van der Waals surface area contributed by atoms with Gasteiger partial charge in [0, 0.05) is 9.24 Å². The second-order valence-electron chi connectivity index (χ2n) is 1.63. The van der Waals surface area contributed by atoms with E-state index in [2.05, 4.69) is 5.10 Å². The van der Waals surface area contributed by atoms with E-state index in [9.17, 15) is 10.1 Å². The van der Waals surface area contributed by atoms with Crippen LogP contribution in [0.1, 0.15) is 5.48 Å². The first-order valence-corrected chi connectivity index (χ1v) is 2.65. The van der Waals surface area contributed by atoms with E-state index in [-0.39, 0.29) is 0 Å². The van der Waals surface area contributed by atoms with Crippen LogP contribution in [0, 0.1) is 10.1 Å². The maximum absolute atomic E-state index is 10.3. The van der Waals surface area contributed by atoms with Crippen molar-refractivity contribution in [3.8, 4) is 0 Å². The predicted molar refractivity (Wildman–Crippen MR) is 37.9 cm³/mol. The van der Waals surface area contributed by atoms with Crippen LogP contribution in [-0.2, 0) is 6.50 Å². The highest BCUT2D eigenvalue weighted by Crippen LogP contribution is 2.04. The third-order valence-electron chi connectivity index (χ3n) is 0.941. The minimum Gasteiger partial charge on any atom is -0.358 e. The molecule has 6 nitrogen and oxygen atoms in total. The minimum atomic E-state index is -2.69. The molecule has 0 saturated heterocycles. The quantitative estimate of drug-likeness (QED) is 0.488. The van der Waals surface area contributed by atoms with Gasteiger partial charge in [0.15, 0.2) is 0 Å². The van der Waals surface area contributed by atoms with E-state index in [1.165, 1.54) is 0 Å². The first kappa shape index (κ1) is 3.82. The van der Waals surface area contributed by atoms with Crippen molar-refractivity contribution in [1.29, 1.82) is 0 Å². The zero-order valence-electron chi connectivity index (χ0n) is 9.39. The lowest BCUT2D eigenvalue weighted by Gasteiger charge is -1.88. The molecular weight excluding hydrogens is 148 g/mol. The Bertz CT molecular complexity index is 385. The largest absolute Gasteiger partial charge is 0.389 e. The molecule has 0 aliphatic rings. The van der Waals surface area contributed by atoms with Crippen LogP contribution in [-0.4, -0.2) is 21.2 Å². The summed E-state index contributed by atoms with van der Waals surface area (Å²) < 4.78 is 29.2. The van der Waals surface area contributed by atoms with Crippen molar-refractivity contribution >= 4 is 5.82 Å². The van der Waals surface area contributed by atoms with Gasteiger partial charge < -0.3 is 15.8 Å². The Morgan fingerprint density at radius 2 is 2.73 bits per heavy atom. The molecule has 0 amide bonds. The van der Waals surface area contributed by atoms with Crippen LogP contribution in [0.4, 0.5) is 5.82 Å². The normalized spacial score (nSPS) is 17.9. The van der Waals surface area contributed by atoms with Crippen LogP contribution < -0.4 is 5.73 Å². The van der Waals surface area contributed by atoms with Crippen LogP contribution in [0.2, 0.25) is 0 Å². The van der Waals surface area contributed by atoms with Crippen LogP contribution in [0.3, 0.4) is 0 Å². The van der Waals surface area contributed by atoms with Crippen molar-refractivity contribution in [2.45, 2.75) is 6.50 Å². The Labute approximate surface area is 68.4 Å². The molecule has 6 heteroatoms. The summed E-state index contributed by atoms with van der Waals surface area (Å²) in [5.74, 6) is -0.567. The number of hydrogen-bond acceptors (Lipinski definition) is 4. The van der Waals surface area contributed by atoms with Crippen molar-refractivity contribution in [3.05, 3.63) is 22.4 Å². The number of nitrogens with zero attached hydrogens (tertiary/aromatic N) is 3. The minimum absolute atomic E-state index is 0.491. The Hall–Kier alpha value is -1.43. The highest BCUT2D eigenvalue weighted by atomic mass is 16.6. The van der Waals surface area contributed by atoms with Gasteiger partial charge in [-0.15, -0.1) is 0 Å². The number of nitro groups is 1. The van der Waals surface area contributed by atoms with Gasteiger partial charge in [0.1, 0.15) is 0 Å². The van der Waals surface area contributed by atoms with Crippen LogP contribution in [0.15, 0.2) is 12.3 Å². The van der Waals surface area contributed by atoms with Gasteiger partial charge in [-0.25, -0.2) is 0 Å². The lowest BCUT2D eigenvalue weighted by Crippen LogP contribution is -2.10. The zero-order valence-corrected chi connectivity index (χ0v) is 5.39. The fraction of sp³-hybridized carbons (Fsp3) is 0.400. The van der Waals surface area contributed by atoms with E-state index in [1.807, 2.05) is 0 Å². The molecule has 0 spiro atoms. The topological polar surface area (TPSA) is 87.0 Å². The molecule has 0 radical (unpaired) electrons. The average Bonchev–Trinajstić information content (AvgIpc) is 2.49. The average molecular weight is 160 g/mol.